The van der Waals surface area contributed by atoms with Gasteiger partial charge in [-0.3, -0.25) is 14.4 Å². The number of aryl methyl sites for hydroxylation is 1. The normalized spacial score (nSPS) is 11.4. The molecule has 0 aromatic heterocycles. The second-order valence-corrected chi connectivity index (χ2v) is 8.62. The summed E-state index contributed by atoms with van der Waals surface area (Å²) in [6, 6.07) is 20.3. The molecule has 8 nitrogen and oxygen atoms in total. The van der Waals surface area contributed by atoms with Crippen molar-refractivity contribution in [3.05, 3.63) is 83.9 Å². The highest BCUT2D eigenvalue weighted by Crippen LogP contribution is 2.25. The number of para-hydroxylation sites is 2. The van der Waals surface area contributed by atoms with Gasteiger partial charge in [0.05, 0.1) is 7.11 Å². The standard InChI is InChI=1S/C28H31N3O5/c1-18(2)26(31-27(33)20-10-7-9-19(3)15-20)28(34)30-22-12-8-11-21(16-22)29-25(32)17-36-24-14-6-5-13-23(24)35-4/h5-16,18,26H,17H2,1-4H3,(H,29,32)(H,30,34)(H,31,33). The van der Waals surface area contributed by atoms with E-state index in [-0.39, 0.29) is 30.2 Å². The summed E-state index contributed by atoms with van der Waals surface area (Å²) in [4.78, 5) is 38.1. The highest BCUT2D eigenvalue weighted by Gasteiger charge is 2.25. The van der Waals surface area contributed by atoms with Gasteiger partial charge in [0.1, 0.15) is 6.04 Å². The Balaban J connectivity index is 1.60. The molecule has 1 unspecified atom stereocenters. The topological polar surface area (TPSA) is 106 Å². The summed E-state index contributed by atoms with van der Waals surface area (Å²) >= 11 is 0. The van der Waals surface area contributed by atoms with Gasteiger partial charge in [0.25, 0.3) is 11.8 Å². The number of carbonyl (C=O) groups is 3. The lowest BCUT2D eigenvalue weighted by Crippen LogP contribution is -2.47. The molecule has 36 heavy (non-hydrogen) atoms. The molecule has 0 spiro atoms. The largest absolute Gasteiger partial charge is 0.493 e. The summed E-state index contributed by atoms with van der Waals surface area (Å²) in [6.07, 6.45) is 0. The number of benzene rings is 3. The van der Waals surface area contributed by atoms with E-state index in [9.17, 15) is 14.4 Å². The molecule has 3 N–H and O–H groups in total. The van der Waals surface area contributed by atoms with Crippen molar-refractivity contribution in [2.45, 2.75) is 26.8 Å². The number of ether oxygens (including phenoxy) is 2. The van der Waals surface area contributed by atoms with E-state index in [2.05, 4.69) is 16.0 Å². The van der Waals surface area contributed by atoms with E-state index in [1.54, 1.807) is 60.7 Å². The highest BCUT2D eigenvalue weighted by atomic mass is 16.5. The minimum absolute atomic E-state index is 0.145. The SMILES string of the molecule is COc1ccccc1OCC(=O)Nc1cccc(NC(=O)C(NC(=O)c2cccc(C)c2)C(C)C)c1. The van der Waals surface area contributed by atoms with Crippen LogP contribution in [0.4, 0.5) is 11.4 Å². The first-order valence-corrected chi connectivity index (χ1v) is 11.6. The molecule has 3 amide bonds. The van der Waals surface area contributed by atoms with Gasteiger partial charge in [0.15, 0.2) is 18.1 Å². The van der Waals surface area contributed by atoms with Crippen LogP contribution in [0.5, 0.6) is 11.5 Å². The zero-order valence-corrected chi connectivity index (χ0v) is 20.8. The van der Waals surface area contributed by atoms with Gasteiger partial charge in [-0.1, -0.05) is 49.7 Å². The fraction of sp³-hybridized carbons (Fsp3) is 0.250. The number of rotatable bonds is 10. The Morgan fingerprint density at radius 3 is 2.17 bits per heavy atom. The van der Waals surface area contributed by atoms with Crippen molar-refractivity contribution < 1.29 is 23.9 Å². The Hall–Kier alpha value is -4.33. The number of hydrogen-bond donors (Lipinski definition) is 3. The van der Waals surface area contributed by atoms with Crippen molar-refractivity contribution in [1.82, 2.24) is 5.32 Å². The van der Waals surface area contributed by atoms with Gasteiger partial charge in [-0.05, 0) is 55.3 Å². The van der Waals surface area contributed by atoms with Crippen LogP contribution in [0.1, 0.15) is 29.8 Å². The molecule has 1 atom stereocenters. The maximum Gasteiger partial charge on any atom is 0.262 e. The Labute approximate surface area is 211 Å². The molecule has 3 aromatic rings. The Bertz CT molecular complexity index is 1230. The van der Waals surface area contributed by atoms with Gasteiger partial charge >= 0.3 is 0 Å². The van der Waals surface area contributed by atoms with Crippen LogP contribution in [-0.4, -0.2) is 37.5 Å². The Morgan fingerprint density at radius 2 is 1.50 bits per heavy atom. The second-order valence-electron chi connectivity index (χ2n) is 8.62. The number of anilines is 2. The maximum atomic E-state index is 13.0. The molecule has 0 aliphatic heterocycles. The first-order valence-electron chi connectivity index (χ1n) is 11.6. The Kier molecular flexibility index (Phi) is 9.05. The molecule has 0 aliphatic carbocycles. The molecule has 0 saturated heterocycles. The number of amides is 3. The summed E-state index contributed by atoms with van der Waals surface area (Å²) < 4.78 is 10.8. The summed E-state index contributed by atoms with van der Waals surface area (Å²) in [7, 11) is 1.53. The van der Waals surface area contributed by atoms with Crippen LogP contribution in [-0.2, 0) is 9.59 Å². The lowest BCUT2D eigenvalue weighted by molar-refractivity contribution is -0.119. The summed E-state index contributed by atoms with van der Waals surface area (Å²) in [6.45, 7) is 5.41. The van der Waals surface area contributed by atoms with E-state index >= 15 is 0 Å². The molecule has 0 fully saturated rings. The van der Waals surface area contributed by atoms with E-state index in [0.29, 0.717) is 28.4 Å². The number of nitrogens with one attached hydrogen (secondary N) is 3. The summed E-state index contributed by atoms with van der Waals surface area (Å²) in [5.41, 5.74) is 2.43. The molecule has 3 rings (SSSR count). The summed E-state index contributed by atoms with van der Waals surface area (Å²) in [5.74, 6) is -0.186. The molecular weight excluding hydrogens is 458 g/mol. The van der Waals surface area contributed by atoms with Crippen molar-refractivity contribution in [1.29, 1.82) is 0 Å². The highest BCUT2D eigenvalue weighted by molar-refractivity contribution is 6.01. The summed E-state index contributed by atoms with van der Waals surface area (Å²) in [5, 5.41) is 8.39. The minimum Gasteiger partial charge on any atom is -0.493 e. The number of carbonyl (C=O) groups excluding carboxylic acids is 3. The van der Waals surface area contributed by atoms with E-state index in [1.807, 2.05) is 32.9 Å². The number of hydrogen-bond acceptors (Lipinski definition) is 5. The average molecular weight is 490 g/mol. The van der Waals surface area contributed by atoms with Crippen LogP contribution in [0.2, 0.25) is 0 Å². The number of methoxy groups -OCH3 is 1. The molecule has 188 valence electrons. The maximum absolute atomic E-state index is 13.0. The quantitative estimate of drug-likeness (QED) is 0.391. The van der Waals surface area contributed by atoms with Crippen molar-refractivity contribution in [3.8, 4) is 11.5 Å². The van der Waals surface area contributed by atoms with Crippen LogP contribution in [0.3, 0.4) is 0 Å². The fourth-order valence-electron chi connectivity index (χ4n) is 3.52. The van der Waals surface area contributed by atoms with Gasteiger partial charge in [0, 0.05) is 16.9 Å². The average Bonchev–Trinajstić information content (AvgIpc) is 2.86. The molecule has 3 aromatic carbocycles. The Morgan fingerprint density at radius 1 is 0.833 bits per heavy atom. The van der Waals surface area contributed by atoms with Crippen LogP contribution in [0, 0.1) is 12.8 Å². The predicted molar refractivity (Wildman–Crippen MR) is 139 cm³/mol. The van der Waals surface area contributed by atoms with Crippen LogP contribution >= 0.6 is 0 Å². The lowest BCUT2D eigenvalue weighted by atomic mass is 10.0. The van der Waals surface area contributed by atoms with E-state index < -0.39 is 6.04 Å². The second kappa shape index (κ2) is 12.4. The first-order chi connectivity index (χ1) is 17.3. The van der Waals surface area contributed by atoms with Gasteiger partial charge in [-0.2, -0.15) is 0 Å². The molecule has 0 saturated carbocycles. The third-order valence-electron chi connectivity index (χ3n) is 5.36. The van der Waals surface area contributed by atoms with E-state index in [0.717, 1.165) is 5.56 Å². The van der Waals surface area contributed by atoms with Gasteiger partial charge in [0.2, 0.25) is 5.91 Å². The first kappa shape index (κ1) is 26.3. The van der Waals surface area contributed by atoms with Crippen molar-refractivity contribution >= 4 is 29.1 Å². The van der Waals surface area contributed by atoms with Gasteiger partial charge in [-0.15, -0.1) is 0 Å². The van der Waals surface area contributed by atoms with Crippen LogP contribution < -0.4 is 25.4 Å². The molecule has 0 aliphatic rings. The van der Waals surface area contributed by atoms with Gasteiger partial charge in [-0.25, -0.2) is 0 Å². The minimum atomic E-state index is -0.745. The molecule has 0 heterocycles. The smallest absolute Gasteiger partial charge is 0.262 e. The van der Waals surface area contributed by atoms with Crippen molar-refractivity contribution in [2.24, 2.45) is 5.92 Å². The molecule has 0 bridgehead atoms. The van der Waals surface area contributed by atoms with Crippen LogP contribution in [0.15, 0.2) is 72.8 Å². The third kappa shape index (κ3) is 7.33. The third-order valence-corrected chi connectivity index (χ3v) is 5.36. The fourth-order valence-corrected chi connectivity index (χ4v) is 3.52. The molecule has 8 heteroatoms. The van der Waals surface area contributed by atoms with Crippen LogP contribution in [0.25, 0.3) is 0 Å². The monoisotopic (exact) mass is 489 g/mol. The van der Waals surface area contributed by atoms with Gasteiger partial charge < -0.3 is 25.4 Å². The zero-order chi connectivity index (χ0) is 26.1. The van der Waals surface area contributed by atoms with E-state index in [1.165, 1.54) is 7.11 Å². The van der Waals surface area contributed by atoms with E-state index in [4.69, 9.17) is 9.47 Å². The molecular formula is C28H31N3O5. The molecule has 0 radical (unpaired) electrons. The lowest BCUT2D eigenvalue weighted by Gasteiger charge is -2.22. The van der Waals surface area contributed by atoms with Crippen molar-refractivity contribution in [3.63, 3.8) is 0 Å². The zero-order valence-electron chi connectivity index (χ0n) is 20.8. The predicted octanol–water partition coefficient (Wildman–Crippen LogP) is 4.41. The van der Waals surface area contributed by atoms with Crippen molar-refractivity contribution in [2.75, 3.05) is 24.4 Å².